The van der Waals surface area contributed by atoms with Crippen LogP contribution in [0.2, 0.25) is 0 Å². The van der Waals surface area contributed by atoms with Gasteiger partial charge in [-0.15, -0.1) is 0 Å². The zero-order valence-corrected chi connectivity index (χ0v) is 16.3. The highest BCUT2D eigenvalue weighted by Crippen LogP contribution is 2.38. The van der Waals surface area contributed by atoms with Crippen LogP contribution in [0.4, 0.5) is 0 Å². The maximum absolute atomic E-state index is 13.3. The summed E-state index contributed by atoms with van der Waals surface area (Å²) >= 11 is 0. The zero-order chi connectivity index (χ0) is 18.1. The van der Waals surface area contributed by atoms with Gasteiger partial charge in [0, 0.05) is 62.9 Å². The number of aromatic nitrogens is 2. The molecule has 26 heavy (non-hydrogen) atoms. The molecule has 0 radical (unpaired) electrons. The summed E-state index contributed by atoms with van der Waals surface area (Å²) in [6, 6.07) is 0. The van der Waals surface area contributed by atoms with Crippen LogP contribution in [-0.2, 0) is 36.1 Å². The van der Waals surface area contributed by atoms with E-state index < -0.39 is 0 Å². The van der Waals surface area contributed by atoms with E-state index in [0.717, 1.165) is 70.9 Å². The molecule has 4 rings (SSSR count). The molecule has 1 aliphatic carbocycles. The van der Waals surface area contributed by atoms with Gasteiger partial charge in [-0.1, -0.05) is 26.2 Å². The molecule has 3 heterocycles. The van der Waals surface area contributed by atoms with E-state index in [1.807, 2.05) is 11.7 Å². The molecular formula is C20H32N4O2. The Balaban J connectivity index is 1.51. The molecule has 6 heteroatoms. The van der Waals surface area contributed by atoms with E-state index in [-0.39, 0.29) is 5.41 Å². The van der Waals surface area contributed by atoms with Gasteiger partial charge in [0.15, 0.2) is 0 Å². The quantitative estimate of drug-likeness (QED) is 0.828. The van der Waals surface area contributed by atoms with Crippen molar-refractivity contribution in [3.8, 4) is 0 Å². The minimum atomic E-state index is -0.150. The summed E-state index contributed by atoms with van der Waals surface area (Å²) in [6.07, 6.45) is 6.67. The number of hydrogen-bond acceptors (Lipinski definition) is 4. The fourth-order valence-electron chi connectivity index (χ4n) is 4.87. The van der Waals surface area contributed by atoms with E-state index in [2.05, 4.69) is 16.7 Å². The topological polar surface area (TPSA) is 50.6 Å². The maximum Gasteiger partial charge on any atom is 0.228 e. The summed E-state index contributed by atoms with van der Waals surface area (Å²) in [5.41, 5.74) is 3.60. The van der Waals surface area contributed by atoms with Crippen molar-refractivity contribution in [3.63, 3.8) is 0 Å². The SMILES string of the molecule is Cn1nc(CN2CCOCC2)c2c1CCN(C(=O)C1(C)CCCCC1)C2. The number of rotatable bonds is 3. The van der Waals surface area contributed by atoms with E-state index >= 15 is 0 Å². The first-order valence-electron chi connectivity index (χ1n) is 10.2. The number of aryl methyl sites for hydroxylation is 1. The molecule has 0 atom stereocenters. The first kappa shape index (κ1) is 18.0. The van der Waals surface area contributed by atoms with Crippen molar-refractivity contribution in [1.82, 2.24) is 19.6 Å². The standard InChI is InChI=1S/C20H32N4O2/c1-20(7-4-3-5-8-20)19(25)24-9-6-18-16(14-24)17(21-22(18)2)15-23-10-12-26-13-11-23/h3-15H2,1-2H3. The van der Waals surface area contributed by atoms with Crippen LogP contribution in [0.5, 0.6) is 0 Å². The number of carbonyl (C=O) groups excluding carboxylic acids is 1. The molecule has 0 N–H and O–H groups in total. The lowest BCUT2D eigenvalue weighted by molar-refractivity contribution is -0.144. The second-order valence-electron chi connectivity index (χ2n) is 8.48. The molecular weight excluding hydrogens is 328 g/mol. The van der Waals surface area contributed by atoms with Crippen molar-refractivity contribution in [2.45, 2.75) is 58.5 Å². The van der Waals surface area contributed by atoms with Gasteiger partial charge in [-0.2, -0.15) is 5.10 Å². The fraction of sp³-hybridized carbons (Fsp3) is 0.800. The zero-order valence-electron chi connectivity index (χ0n) is 16.3. The third-order valence-electron chi connectivity index (χ3n) is 6.56. The van der Waals surface area contributed by atoms with E-state index in [1.165, 1.54) is 30.5 Å². The second kappa shape index (κ2) is 7.31. The molecule has 0 bridgehead atoms. The summed E-state index contributed by atoms with van der Waals surface area (Å²) in [6.45, 7) is 8.15. The molecule has 0 spiro atoms. The minimum absolute atomic E-state index is 0.150. The molecule has 1 saturated carbocycles. The normalized spacial score (nSPS) is 23.7. The maximum atomic E-state index is 13.3. The Hall–Kier alpha value is -1.40. The predicted octanol–water partition coefficient (Wildman–Crippen LogP) is 2.11. The largest absolute Gasteiger partial charge is 0.379 e. The van der Waals surface area contributed by atoms with Crippen LogP contribution < -0.4 is 0 Å². The van der Waals surface area contributed by atoms with E-state index in [0.29, 0.717) is 5.91 Å². The summed E-state index contributed by atoms with van der Waals surface area (Å²) in [7, 11) is 2.04. The van der Waals surface area contributed by atoms with Crippen molar-refractivity contribution >= 4 is 5.91 Å². The molecule has 2 aliphatic heterocycles. The van der Waals surface area contributed by atoms with E-state index in [9.17, 15) is 4.79 Å². The fourth-order valence-corrected chi connectivity index (χ4v) is 4.87. The Morgan fingerprint density at radius 2 is 1.88 bits per heavy atom. The number of amides is 1. The predicted molar refractivity (Wildman–Crippen MR) is 99.6 cm³/mol. The second-order valence-corrected chi connectivity index (χ2v) is 8.48. The van der Waals surface area contributed by atoms with Gasteiger partial charge in [0.1, 0.15) is 0 Å². The molecule has 0 unspecified atom stereocenters. The molecule has 1 aromatic rings. The van der Waals surface area contributed by atoms with Gasteiger partial charge in [-0.05, 0) is 12.8 Å². The van der Waals surface area contributed by atoms with Gasteiger partial charge in [-0.3, -0.25) is 14.4 Å². The molecule has 0 aromatic carbocycles. The molecule has 144 valence electrons. The average molecular weight is 361 g/mol. The van der Waals surface area contributed by atoms with Gasteiger partial charge >= 0.3 is 0 Å². The van der Waals surface area contributed by atoms with Gasteiger partial charge in [0.2, 0.25) is 5.91 Å². The van der Waals surface area contributed by atoms with Crippen molar-refractivity contribution in [2.24, 2.45) is 12.5 Å². The number of morpholine rings is 1. The monoisotopic (exact) mass is 360 g/mol. The summed E-state index contributed by atoms with van der Waals surface area (Å²) in [5.74, 6) is 0.365. The Kier molecular flexibility index (Phi) is 5.06. The highest BCUT2D eigenvalue weighted by Gasteiger charge is 2.39. The molecule has 1 aromatic heterocycles. The van der Waals surface area contributed by atoms with Crippen molar-refractivity contribution in [2.75, 3.05) is 32.8 Å². The van der Waals surface area contributed by atoms with Crippen LogP contribution in [0, 0.1) is 5.41 Å². The van der Waals surface area contributed by atoms with E-state index in [4.69, 9.17) is 9.84 Å². The number of carbonyl (C=O) groups is 1. The average Bonchev–Trinajstić information content (AvgIpc) is 2.97. The first-order valence-corrected chi connectivity index (χ1v) is 10.2. The smallest absolute Gasteiger partial charge is 0.228 e. The van der Waals surface area contributed by atoms with Crippen molar-refractivity contribution in [3.05, 3.63) is 17.0 Å². The highest BCUT2D eigenvalue weighted by molar-refractivity contribution is 5.82. The van der Waals surface area contributed by atoms with Gasteiger partial charge in [0.05, 0.1) is 18.9 Å². The molecule has 3 aliphatic rings. The Morgan fingerprint density at radius 1 is 1.15 bits per heavy atom. The third-order valence-corrected chi connectivity index (χ3v) is 6.56. The van der Waals surface area contributed by atoms with Crippen molar-refractivity contribution in [1.29, 1.82) is 0 Å². The van der Waals surface area contributed by atoms with Crippen LogP contribution in [0.3, 0.4) is 0 Å². The first-order chi connectivity index (χ1) is 12.6. The molecule has 6 nitrogen and oxygen atoms in total. The number of ether oxygens (including phenoxy) is 1. The van der Waals surface area contributed by atoms with Gasteiger partial charge < -0.3 is 9.64 Å². The molecule has 1 amide bonds. The van der Waals surface area contributed by atoms with Crippen molar-refractivity contribution < 1.29 is 9.53 Å². The van der Waals surface area contributed by atoms with Crippen LogP contribution >= 0.6 is 0 Å². The number of hydrogen-bond donors (Lipinski definition) is 0. The van der Waals surface area contributed by atoms with Gasteiger partial charge in [0.25, 0.3) is 0 Å². The Morgan fingerprint density at radius 3 is 2.62 bits per heavy atom. The van der Waals surface area contributed by atoms with Crippen LogP contribution in [0.1, 0.15) is 56.0 Å². The summed E-state index contributed by atoms with van der Waals surface area (Å²) in [4.78, 5) is 17.8. The van der Waals surface area contributed by atoms with Crippen LogP contribution in [0.15, 0.2) is 0 Å². The lowest BCUT2D eigenvalue weighted by Crippen LogP contribution is -2.46. The lowest BCUT2D eigenvalue weighted by atomic mass is 9.74. The lowest BCUT2D eigenvalue weighted by Gasteiger charge is -2.39. The van der Waals surface area contributed by atoms with Crippen LogP contribution in [0.25, 0.3) is 0 Å². The number of fused-ring (bicyclic) bond motifs is 1. The van der Waals surface area contributed by atoms with Gasteiger partial charge in [-0.25, -0.2) is 0 Å². The minimum Gasteiger partial charge on any atom is -0.379 e. The Bertz CT molecular complexity index is 657. The Labute approximate surface area is 156 Å². The highest BCUT2D eigenvalue weighted by atomic mass is 16.5. The van der Waals surface area contributed by atoms with E-state index in [1.54, 1.807) is 0 Å². The molecule has 1 saturated heterocycles. The van der Waals surface area contributed by atoms with Crippen LogP contribution in [-0.4, -0.2) is 58.3 Å². The molecule has 2 fully saturated rings. The summed E-state index contributed by atoms with van der Waals surface area (Å²) < 4.78 is 7.50. The number of nitrogens with zero attached hydrogens (tertiary/aromatic N) is 4. The summed E-state index contributed by atoms with van der Waals surface area (Å²) in [5, 5.41) is 4.81. The third kappa shape index (κ3) is 3.41.